The molecule has 0 amide bonds. The number of hydrogen-bond donors (Lipinski definition) is 0. The number of methoxy groups -OCH3 is 1. The molecule has 162 valence electrons. The molecule has 0 aliphatic heterocycles. The van der Waals surface area contributed by atoms with Crippen molar-refractivity contribution >= 4 is 21.7 Å². The number of aryl methyl sites for hydroxylation is 3. The van der Waals surface area contributed by atoms with Crippen molar-refractivity contribution in [1.82, 2.24) is 0 Å². The Morgan fingerprint density at radius 2 is 1.45 bits per heavy atom. The van der Waals surface area contributed by atoms with Crippen LogP contribution in [0, 0.1) is 20.8 Å². The SMILES string of the molecule is CCN(c1ccc(-c2ccc(C)c(C)c2)cc1)S(=O)(=O)c1ccc(C)c(C(=O)OC)c1. The summed E-state index contributed by atoms with van der Waals surface area (Å²) in [7, 11) is -2.57. The fourth-order valence-electron chi connectivity index (χ4n) is 3.45. The average molecular weight is 438 g/mol. The molecule has 0 atom stereocenters. The van der Waals surface area contributed by atoms with E-state index >= 15 is 0 Å². The van der Waals surface area contributed by atoms with Crippen LogP contribution in [0.5, 0.6) is 0 Å². The van der Waals surface area contributed by atoms with E-state index in [0.717, 1.165) is 11.1 Å². The zero-order chi connectivity index (χ0) is 22.8. The predicted octanol–water partition coefficient (Wildman–Crippen LogP) is 5.28. The Hall–Kier alpha value is -3.12. The minimum atomic E-state index is -3.85. The van der Waals surface area contributed by atoms with E-state index in [1.165, 1.54) is 34.7 Å². The van der Waals surface area contributed by atoms with Gasteiger partial charge in [-0.2, -0.15) is 0 Å². The summed E-state index contributed by atoms with van der Waals surface area (Å²) in [5.74, 6) is -0.560. The molecule has 3 aromatic carbocycles. The van der Waals surface area contributed by atoms with Crippen LogP contribution >= 0.6 is 0 Å². The molecule has 0 unspecified atom stereocenters. The average Bonchev–Trinajstić information content (AvgIpc) is 2.76. The van der Waals surface area contributed by atoms with Crippen LogP contribution in [0.3, 0.4) is 0 Å². The van der Waals surface area contributed by atoms with Gasteiger partial charge in [0.15, 0.2) is 0 Å². The predicted molar refractivity (Wildman–Crippen MR) is 124 cm³/mol. The second kappa shape index (κ2) is 8.94. The van der Waals surface area contributed by atoms with Crippen molar-refractivity contribution < 1.29 is 17.9 Å². The largest absolute Gasteiger partial charge is 0.465 e. The molecule has 6 heteroatoms. The molecule has 0 N–H and O–H groups in total. The summed E-state index contributed by atoms with van der Waals surface area (Å²) in [5.41, 5.74) is 6.00. The lowest BCUT2D eigenvalue weighted by Crippen LogP contribution is -2.31. The monoisotopic (exact) mass is 437 g/mol. The van der Waals surface area contributed by atoms with E-state index in [0.29, 0.717) is 11.3 Å². The zero-order valence-corrected chi connectivity index (χ0v) is 19.3. The molecule has 5 nitrogen and oxygen atoms in total. The van der Waals surface area contributed by atoms with Gasteiger partial charge in [-0.25, -0.2) is 13.2 Å². The maximum atomic E-state index is 13.3. The van der Waals surface area contributed by atoms with E-state index in [2.05, 4.69) is 32.0 Å². The number of rotatable bonds is 6. The molecule has 0 bridgehead atoms. The lowest BCUT2D eigenvalue weighted by Gasteiger charge is -2.23. The van der Waals surface area contributed by atoms with Crippen LogP contribution in [-0.4, -0.2) is 28.0 Å². The van der Waals surface area contributed by atoms with Crippen LogP contribution in [0.1, 0.15) is 34.0 Å². The van der Waals surface area contributed by atoms with Crippen molar-refractivity contribution in [2.45, 2.75) is 32.6 Å². The third-order valence-electron chi connectivity index (χ3n) is 5.49. The van der Waals surface area contributed by atoms with Gasteiger partial charge in [0.2, 0.25) is 0 Å². The van der Waals surface area contributed by atoms with Gasteiger partial charge in [0.25, 0.3) is 10.0 Å². The molecule has 0 radical (unpaired) electrons. The van der Waals surface area contributed by atoms with E-state index in [-0.39, 0.29) is 17.0 Å². The van der Waals surface area contributed by atoms with Gasteiger partial charge in [-0.1, -0.05) is 36.4 Å². The quantitative estimate of drug-likeness (QED) is 0.492. The molecule has 0 aliphatic rings. The molecule has 0 aliphatic carbocycles. The fraction of sp³-hybridized carbons (Fsp3) is 0.240. The van der Waals surface area contributed by atoms with Crippen LogP contribution in [-0.2, 0) is 14.8 Å². The topological polar surface area (TPSA) is 63.7 Å². The van der Waals surface area contributed by atoms with Gasteiger partial charge in [0.1, 0.15) is 0 Å². The number of sulfonamides is 1. The molecule has 0 saturated heterocycles. The highest BCUT2D eigenvalue weighted by molar-refractivity contribution is 7.92. The van der Waals surface area contributed by atoms with Crippen molar-refractivity contribution in [1.29, 1.82) is 0 Å². The van der Waals surface area contributed by atoms with Crippen molar-refractivity contribution in [3.05, 3.63) is 82.9 Å². The zero-order valence-electron chi connectivity index (χ0n) is 18.5. The van der Waals surface area contributed by atoms with E-state index in [1.807, 2.05) is 12.1 Å². The van der Waals surface area contributed by atoms with E-state index < -0.39 is 16.0 Å². The Kier molecular flexibility index (Phi) is 6.51. The Morgan fingerprint density at radius 3 is 2.03 bits per heavy atom. The number of esters is 1. The smallest absolute Gasteiger partial charge is 0.338 e. The van der Waals surface area contributed by atoms with Crippen LogP contribution in [0.25, 0.3) is 11.1 Å². The standard InChI is InChI=1S/C25H27NO4S/c1-6-26(31(28,29)23-14-8-18(3)24(16-23)25(27)30-5)22-12-10-20(11-13-22)21-9-7-17(2)19(4)15-21/h7-16H,6H2,1-5H3. The number of anilines is 1. The van der Waals surface area contributed by atoms with Crippen LogP contribution in [0.2, 0.25) is 0 Å². The Morgan fingerprint density at radius 1 is 0.839 bits per heavy atom. The highest BCUT2D eigenvalue weighted by Gasteiger charge is 2.25. The lowest BCUT2D eigenvalue weighted by atomic mass is 10.0. The summed E-state index contributed by atoms with van der Waals surface area (Å²) in [4.78, 5) is 12.1. The number of hydrogen-bond acceptors (Lipinski definition) is 4. The molecule has 0 spiro atoms. The molecule has 3 rings (SSSR count). The van der Waals surface area contributed by atoms with Gasteiger partial charge >= 0.3 is 5.97 Å². The minimum Gasteiger partial charge on any atom is -0.465 e. The molecule has 0 heterocycles. The highest BCUT2D eigenvalue weighted by Crippen LogP contribution is 2.29. The van der Waals surface area contributed by atoms with Crippen molar-refractivity contribution in [3.8, 4) is 11.1 Å². The van der Waals surface area contributed by atoms with Gasteiger partial charge in [0.05, 0.1) is 23.3 Å². The van der Waals surface area contributed by atoms with Gasteiger partial charge in [0, 0.05) is 6.54 Å². The summed E-state index contributed by atoms with van der Waals surface area (Å²) in [5, 5.41) is 0. The lowest BCUT2D eigenvalue weighted by molar-refractivity contribution is 0.0599. The molecular formula is C25H27NO4S. The Balaban J connectivity index is 1.97. The molecule has 0 fully saturated rings. The van der Waals surface area contributed by atoms with Crippen LogP contribution in [0.15, 0.2) is 65.6 Å². The molecule has 31 heavy (non-hydrogen) atoms. The first-order chi connectivity index (χ1) is 14.7. The van der Waals surface area contributed by atoms with Gasteiger partial charge < -0.3 is 4.74 Å². The summed E-state index contributed by atoms with van der Waals surface area (Å²) in [6.07, 6.45) is 0. The Bertz CT molecular complexity index is 1210. The maximum absolute atomic E-state index is 13.3. The van der Waals surface area contributed by atoms with Gasteiger partial charge in [-0.3, -0.25) is 4.31 Å². The minimum absolute atomic E-state index is 0.0542. The fourth-order valence-corrected chi connectivity index (χ4v) is 4.95. The molecule has 0 aromatic heterocycles. The number of benzene rings is 3. The maximum Gasteiger partial charge on any atom is 0.338 e. The van der Waals surface area contributed by atoms with Crippen molar-refractivity contribution in [3.63, 3.8) is 0 Å². The van der Waals surface area contributed by atoms with E-state index in [1.54, 1.807) is 32.0 Å². The van der Waals surface area contributed by atoms with Gasteiger partial charge in [-0.15, -0.1) is 0 Å². The van der Waals surface area contributed by atoms with Gasteiger partial charge in [-0.05, 0) is 79.8 Å². The first-order valence-electron chi connectivity index (χ1n) is 10.1. The van der Waals surface area contributed by atoms with Crippen LogP contribution < -0.4 is 4.31 Å². The number of carbonyl (C=O) groups excluding carboxylic acids is 1. The molecule has 0 saturated carbocycles. The molecular weight excluding hydrogens is 410 g/mol. The van der Waals surface area contributed by atoms with Crippen molar-refractivity contribution in [2.75, 3.05) is 18.0 Å². The van der Waals surface area contributed by atoms with E-state index in [4.69, 9.17) is 4.74 Å². The summed E-state index contributed by atoms with van der Waals surface area (Å²) >= 11 is 0. The number of nitrogens with zero attached hydrogens (tertiary/aromatic N) is 1. The van der Waals surface area contributed by atoms with Crippen LogP contribution in [0.4, 0.5) is 5.69 Å². The van der Waals surface area contributed by atoms with Crippen molar-refractivity contribution in [2.24, 2.45) is 0 Å². The first-order valence-corrected chi connectivity index (χ1v) is 11.5. The third-order valence-corrected chi connectivity index (χ3v) is 7.38. The number of carbonyl (C=O) groups is 1. The first kappa shape index (κ1) is 22.6. The summed E-state index contributed by atoms with van der Waals surface area (Å²) in [6, 6.07) is 18.2. The summed E-state index contributed by atoms with van der Waals surface area (Å²) < 4.78 is 32.8. The highest BCUT2D eigenvalue weighted by atomic mass is 32.2. The molecule has 3 aromatic rings. The second-order valence-electron chi connectivity index (χ2n) is 7.48. The third kappa shape index (κ3) is 4.49. The Labute approximate surface area is 184 Å². The second-order valence-corrected chi connectivity index (χ2v) is 9.35. The summed E-state index contributed by atoms with van der Waals surface area (Å²) in [6.45, 7) is 7.92. The number of ether oxygens (including phenoxy) is 1. The van der Waals surface area contributed by atoms with E-state index in [9.17, 15) is 13.2 Å². The normalized spacial score (nSPS) is 11.3.